The molecule has 0 fully saturated rings. The summed E-state index contributed by atoms with van der Waals surface area (Å²) >= 11 is 0. The summed E-state index contributed by atoms with van der Waals surface area (Å²) in [6, 6.07) is 7.84. The van der Waals surface area contributed by atoms with Crippen LogP contribution >= 0.6 is 0 Å². The molecule has 1 heterocycles. The Morgan fingerprint density at radius 3 is 2.67 bits per heavy atom. The summed E-state index contributed by atoms with van der Waals surface area (Å²) in [5.74, 6) is 0. The summed E-state index contributed by atoms with van der Waals surface area (Å²) in [4.78, 5) is 3.02. The van der Waals surface area contributed by atoms with E-state index in [0.29, 0.717) is 0 Å². The maximum absolute atomic E-state index is 3.90. The van der Waals surface area contributed by atoms with Crippen LogP contribution in [0.25, 0.3) is 13.2 Å². The van der Waals surface area contributed by atoms with Crippen molar-refractivity contribution in [3.63, 3.8) is 0 Å². The first kappa shape index (κ1) is 8.60. The van der Waals surface area contributed by atoms with Crippen molar-refractivity contribution in [2.45, 2.75) is 6.92 Å². The zero-order valence-corrected chi connectivity index (χ0v) is 7.30. The minimum absolute atomic E-state index is 0.880. The van der Waals surface area contributed by atoms with Crippen molar-refractivity contribution < 1.29 is 0 Å². The lowest BCUT2D eigenvalue weighted by Gasteiger charge is -1.81. The van der Waals surface area contributed by atoms with E-state index in [4.69, 9.17) is 0 Å². The highest BCUT2D eigenvalue weighted by molar-refractivity contribution is 5.16. The molecule has 12 heavy (non-hydrogen) atoms. The van der Waals surface area contributed by atoms with E-state index in [1.165, 1.54) is 5.56 Å². The smallest absolute Gasteiger partial charge is 0.0306 e. The second kappa shape index (κ2) is 3.77. The zero-order chi connectivity index (χ0) is 8.97. The summed E-state index contributed by atoms with van der Waals surface area (Å²) in [6.45, 7) is 9.74. The van der Waals surface area contributed by atoms with E-state index in [0.717, 1.165) is 10.6 Å². The molecule has 0 radical (unpaired) electrons. The molecule has 0 aliphatic rings. The highest BCUT2D eigenvalue weighted by Crippen LogP contribution is 1.80. The number of aromatic nitrogens is 1. The molecule has 0 aromatic carbocycles. The first-order valence-electron chi connectivity index (χ1n) is 3.86. The van der Waals surface area contributed by atoms with Gasteiger partial charge < -0.3 is 4.98 Å². The fourth-order valence-corrected chi connectivity index (χ4v) is 0.844. The van der Waals surface area contributed by atoms with Gasteiger partial charge in [0.2, 0.25) is 0 Å². The first-order valence-corrected chi connectivity index (χ1v) is 3.86. The van der Waals surface area contributed by atoms with Crippen molar-refractivity contribution in [3.8, 4) is 0 Å². The van der Waals surface area contributed by atoms with Crippen molar-refractivity contribution in [1.82, 2.24) is 4.98 Å². The van der Waals surface area contributed by atoms with Gasteiger partial charge in [-0.15, -0.1) is 0 Å². The molecular weight excluding hydrogens is 146 g/mol. The van der Waals surface area contributed by atoms with Gasteiger partial charge in [-0.05, 0) is 29.8 Å². The molecule has 0 saturated carbocycles. The van der Waals surface area contributed by atoms with E-state index in [1.807, 2.05) is 37.4 Å². The number of hydrogen-bond acceptors (Lipinski definition) is 0. The fourth-order valence-electron chi connectivity index (χ4n) is 0.844. The summed E-state index contributed by atoms with van der Waals surface area (Å²) < 4.78 is 0. The standard InChI is InChI=1S/C11H13N/c1-9-5-4-6-11(3)12-8-7-10(9)2/h4-8,12H,2-3H2,1H3. The van der Waals surface area contributed by atoms with Crippen LogP contribution in [0.3, 0.4) is 0 Å². The Morgan fingerprint density at radius 1 is 1.17 bits per heavy atom. The lowest BCUT2D eigenvalue weighted by Crippen LogP contribution is -1.98. The third-order valence-corrected chi connectivity index (χ3v) is 1.70. The summed E-state index contributed by atoms with van der Waals surface area (Å²) in [7, 11) is 0. The van der Waals surface area contributed by atoms with Crippen LogP contribution in [0.2, 0.25) is 0 Å². The molecule has 0 atom stereocenters. The van der Waals surface area contributed by atoms with E-state index in [1.54, 1.807) is 0 Å². The Bertz CT molecular complexity index is 400. The topological polar surface area (TPSA) is 15.8 Å². The van der Waals surface area contributed by atoms with Crippen LogP contribution in [-0.2, 0) is 0 Å². The molecule has 1 N–H and O–H groups in total. The first-order chi connectivity index (χ1) is 5.70. The SMILES string of the molecule is C=c1cccc(C)c(=C)cc[nH]1. The molecule has 0 amide bonds. The molecule has 0 aliphatic carbocycles. The van der Waals surface area contributed by atoms with Gasteiger partial charge in [-0.25, -0.2) is 0 Å². The lowest BCUT2D eigenvalue weighted by atomic mass is 10.2. The highest BCUT2D eigenvalue weighted by atomic mass is 14.6. The molecule has 1 aromatic rings. The number of H-pyrrole nitrogens is 1. The van der Waals surface area contributed by atoms with Gasteiger partial charge in [0.1, 0.15) is 0 Å². The van der Waals surface area contributed by atoms with Gasteiger partial charge in [-0.3, -0.25) is 0 Å². The Kier molecular flexibility index (Phi) is 2.70. The van der Waals surface area contributed by atoms with Gasteiger partial charge in [0.15, 0.2) is 0 Å². The normalized spacial score (nSPS) is 9.08. The maximum Gasteiger partial charge on any atom is 0.0306 e. The van der Waals surface area contributed by atoms with Crippen molar-refractivity contribution in [3.05, 3.63) is 46.6 Å². The number of nitrogens with one attached hydrogen (secondary N) is 1. The lowest BCUT2D eigenvalue weighted by molar-refractivity contribution is 1.28. The third kappa shape index (κ3) is 2.27. The van der Waals surface area contributed by atoms with Crippen molar-refractivity contribution in [2.75, 3.05) is 0 Å². The molecule has 0 spiro atoms. The van der Waals surface area contributed by atoms with Crippen molar-refractivity contribution in [1.29, 1.82) is 0 Å². The molecule has 1 heteroatoms. The number of rotatable bonds is 0. The number of aromatic amines is 1. The molecule has 1 aromatic heterocycles. The van der Waals surface area contributed by atoms with Crippen molar-refractivity contribution >= 4 is 13.2 Å². The van der Waals surface area contributed by atoms with Gasteiger partial charge in [0.05, 0.1) is 0 Å². The van der Waals surface area contributed by atoms with Crippen LogP contribution in [0.5, 0.6) is 0 Å². The van der Waals surface area contributed by atoms with E-state index in [9.17, 15) is 0 Å². The minimum atomic E-state index is 0.880. The average Bonchev–Trinajstić information content (AvgIpc) is 2.08. The zero-order valence-electron chi connectivity index (χ0n) is 7.30. The average molecular weight is 159 g/mol. The fraction of sp³-hybridized carbons (Fsp3) is 0.0909. The maximum atomic E-state index is 3.90. The predicted molar refractivity (Wildman–Crippen MR) is 53.5 cm³/mol. The third-order valence-electron chi connectivity index (χ3n) is 1.70. The molecular formula is C11H13N. The van der Waals surface area contributed by atoms with Crippen LogP contribution in [0.15, 0.2) is 30.5 Å². The van der Waals surface area contributed by atoms with E-state index in [-0.39, 0.29) is 0 Å². The van der Waals surface area contributed by atoms with E-state index in [2.05, 4.69) is 18.1 Å². The minimum Gasteiger partial charge on any atom is -0.362 e. The molecule has 0 unspecified atom stereocenters. The quantitative estimate of drug-likeness (QED) is 0.586. The number of hydrogen-bond donors (Lipinski definition) is 1. The number of aryl methyl sites for hydroxylation is 1. The van der Waals surface area contributed by atoms with Crippen molar-refractivity contribution in [2.24, 2.45) is 0 Å². The van der Waals surface area contributed by atoms with Gasteiger partial charge >= 0.3 is 0 Å². The molecule has 0 bridgehead atoms. The Labute approximate surface area is 72.4 Å². The van der Waals surface area contributed by atoms with Crippen LogP contribution < -0.4 is 10.6 Å². The summed E-state index contributed by atoms with van der Waals surface area (Å²) in [5, 5.41) is 1.90. The molecule has 62 valence electrons. The Hall–Kier alpha value is -1.50. The summed E-state index contributed by atoms with van der Waals surface area (Å²) in [6.07, 6.45) is 1.84. The Balaban J connectivity index is 3.54. The molecule has 1 nitrogen and oxygen atoms in total. The van der Waals surface area contributed by atoms with Gasteiger partial charge in [-0.1, -0.05) is 25.3 Å². The molecule has 0 aliphatic heterocycles. The van der Waals surface area contributed by atoms with Crippen LogP contribution in [0.1, 0.15) is 5.56 Å². The second-order valence-electron chi connectivity index (χ2n) is 2.74. The second-order valence-corrected chi connectivity index (χ2v) is 2.74. The highest BCUT2D eigenvalue weighted by Gasteiger charge is 1.76. The summed E-state index contributed by atoms with van der Waals surface area (Å²) in [5.41, 5.74) is 1.17. The van der Waals surface area contributed by atoms with Gasteiger partial charge in [-0.2, -0.15) is 0 Å². The van der Waals surface area contributed by atoms with Gasteiger partial charge in [0.25, 0.3) is 0 Å². The monoisotopic (exact) mass is 159 g/mol. The van der Waals surface area contributed by atoms with Gasteiger partial charge in [0, 0.05) is 11.5 Å². The van der Waals surface area contributed by atoms with E-state index >= 15 is 0 Å². The Morgan fingerprint density at radius 2 is 1.92 bits per heavy atom. The van der Waals surface area contributed by atoms with Crippen LogP contribution in [0.4, 0.5) is 0 Å². The van der Waals surface area contributed by atoms with Crippen LogP contribution in [0, 0.1) is 6.92 Å². The molecule has 0 saturated heterocycles. The van der Waals surface area contributed by atoms with E-state index < -0.39 is 0 Å². The largest absolute Gasteiger partial charge is 0.362 e. The van der Waals surface area contributed by atoms with Crippen LogP contribution in [-0.4, -0.2) is 4.98 Å². The predicted octanol–water partition coefficient (Wildman–Crippen LogP) is 1.27. The molecule has 1 rings (SSSR count).